The van der Waals surface area contributed by atoms with E-state index in [1.165, 1.54) is 5.56 Å². The van der Waals surface area contributed by atoms with Crippen molar-refractivity contribution in [3.05, 3.63) is 78.1 Å². The van der Waals surface area contributed by atoms with Crippen molar-refractivity contribution in [2.24, 2.45) is 0 Å². The van der Waals surface area contributed by atoms with Crippen molar-refractivity contribution in [1.29, 1.82) is 0 Å². The first-order valence-corrected chi connectivity index (χ1v) is 7.19. The molecule has 3 nitrogen and oxygen atoms in total. The molecule has 1 unspecified atom stereocenters. The van der Waals surface area contributed by atoms with Crippen LogP contribution in [0.5, 0.6) is 0 Å². The van der Waals surface area contributed by atoms with Gasteiger partial charge in [-0.1, -0.05) is 48.6 Å². The molecule has 0 saturated carbocycles. The van der Waals surface area contributed by atoms with E-state index < -0.39 is 0 Å². The molecule has 2 rings (SSSR count). The monoisotopic (exact) mass is 282 g/mol. The lowest BCUT2D eigenvalue weighted by Crippen LogP contribution is -2.27. The van der Waals surface area contributed by atoms with Crippen LogP contribution >= 0.6 is 0 Å². The van der Waals surface area contributed by atoms with Gasteiger partial charge < -0.3 is 10.1 Å². The Balaban J connectivity index is 1.99. The van der Waals surface area contributed by atoms with Crippen molar-refractivity contribution in [2.75, 3.05) is 19.8 Å². The van der Waals surface area contributed by atoms with E-state index in [9.17, 15) is 0 Å². The van der Waals surface area contributed by atoms with Gasteiger partial charge in [0, 0.05) is 12.7 Å². The van der Waals surface area contributed by atoms with Crippen molar-refractivity contribution in [2.45, 2.75) is 13.0 Å². The Morgan fingerprint density at radius 1 is 1.19 bits per heavy atom. The van der Waals surface area contributed by atoms with E-state index in [1.54, 1.807) is 0 Å². The molecule has 0 fully saturated rings. The van der Waals surface area contributed by atoms with Crippen LogP contribution in [-0.4, -0.2) is 24.7 Å². The summed E-state index contributed by atoms with van der Waals surface area (Å²) in [7, 11) is 0. The van der Waals surface area contributed by atoms with Crippen LogP contribution in [0.15, 0.2) is 66.9 Å². The lowest BCUT2D eigenvalue weighted by molar-refractivity contribution is 0.156. The highest BCUT2D eigenvalue weighted by molar-refractivity contribution is 5.27. The fraction of sp³-hybridized carbons (Fsp3) is 0.278. The van der Waals surface area contributed by atoms with Crippen molar-refractivity contribution in [1.82, 2.24) is 10.3 Å². The van der Waals surface area contributed by atoms with E-state index in [-0.39, 0.29) is 6.04 Å². The highest BCUT2D eigenvalue weighted by Gasteiger charge is 2.13. The zero-order valence-corrected chi connectivity index (χ0v) is 12.5. The summed E-state index contributed by atoms with van der Waals surface area (Å²) < 4.78 is 5.53. The van der Waals surface area contributed by atoms with E-state index in [1.807, 2.05) is 49.5 Å². The van der Waals surface area contributed by atoms with Gasteiger partial charge in [-0.3, -0.25) is 4.98 Å². The molecule has 0 radical (unpaired) electrons. The average Bonchev–Trinajstić information content (AvgIpc) is 2.52. The fourth-order valence-corrected chi connectivity index (χ4v) is 2.11. The quantitative estimate of drug-likeness (QED) is 0.595. The second kappa shape index (κ2) is 8.35. The highest BCUT2D eigenvalue weighted by Crippen LogP contribution is 2.19. The van der Waals surface area contributed by atoms with Gasteiger partial charge in [-0.2, -0.15) is 0 Å². The number of nitrogens with one attached hydrogen (secondary N) is 1. The van der Waals surface area contributed by atoms with E-state index >= 15 is 0 Å². The Labute approximate surface area is 126 Å². The summed E-state index contributed by atoms with van der Waals surface area (Å²) in [4.78, 5) is 4.47. The molecule has 1 N–H and O–H groups in total. The summed E-state index contributed by atoms with van der Waals surface area (Å²) in [6, 6.07) is 16.4. The maximum atomic E-state index is 5.53. The molecule has 0 aliphatic rings. The Morgan fingerprint density at radius 3 is 2.62 bits per heavy atom. The first-order valence-electron chi connectivity index (χ1n) is 7.19. The van der Waals surface area contributed by atoms with Crippen LogP contribution in [0.3, 0.4) is 0 Å². The molecule has 0 saturated heterocycles. The van der Waals surface area contributed by atoms with Crippen LogP contribution in [0.1, 0.15) is 24.2 Å². The van der Waals surface area contributed by atoms with E-state index in [2.05, 4.69) is 29.0 Å². The van der Waals surface area contributed by atoms with Gasteiger partial charge in [0.25, 0.3) is 0 Å². The first kappa shape index (κ1) is 15.4. The third-order valence-corrected chi connectivity index (χ3v) is 3.06. The molecule has 21 heavy (non-hydrogen) atoms. The lowest BCUT2D eigenvalue weighted by Gasteiger charge is -2.19. The van der Waals surface area contributed by atoms with Gasteiger partial charge >= 0.3 is 0 Å². The number of rotatable bonds is 8. The zero-order valence-electron chi connectivity index (χ0n) is 12.5. The third-order valence-electron chi connectivity index (χ3n) is 3.06. The van der Waals surface area contributed by atoms with E-state index in [4.69, 9.17) is 4.74 Å². The maximum absolute atomic E-state index is 5.53. The molecular formula is C18H22N2O. The van der Waals surface area contributed by atoms with Gasteiger partial charge in [0.1, 0.15) is 0 Å². The standard InChI is InChI=1S/C18H22N2O/c1-15(2)14-21-13-12-20-18(16-8-4-3-5-9-16)17-10-6-7-11-19-17/h3-11,18,20H,1,12-14H2,2H3. The average molecular weight is 282 g/mol. The van der Waals surface area contributed by atoms with Crippen LogP contribution in [0.4, 0.5) is 0 Å². The molecule has 1 aromatic carbocycles. The first-order chi connectivity index (χ1) is 10.3. The number of ether oxygens (including phenoxy) is 1. The van der Waals surface area contributed by atoms with Gasteiger partial charge in [0.15, 0.2) is 0 Å². The van der Waals surface area contributed by atoms with Gasteiger partial charge in [-0.05, 0) is 24.6 Å². The van der Waals surface area contributed by atoms with Gasteiger partial charge in [-0.25, -0.2) is 0 Å². The molecule has 1 atom stereocenters. The Hall–Kier alpha value is -1.97. The lowest BCUT2D eigenvalue weighted by atomic mass is 10.0. The summed E-state index contributed by atoms with van der Waals surface area (Å²) in [5.41, 5.74) is 3.26. The summed E-state index contributed by atoms with van der Waals surface area (Å²) in [5.74, 6) is 0. The minimum absolute atomic E-state index is 0.0841. The second-order valence-corrected chi connectivity index (χ2v) is 5.06. The summed E-state index contributed by atoms with van der Waals surface area (Å²) in [5, 5.41) is 3.51. The predicted molar refractivity (Wildman–Crippen MR) is 86.2 cm³/mol. The molecular weight excluding hydrogens is 260 g/mol. The molecule has 0 spiro atoms. The van der Waals surface area contributed by atoms with Crippen molar-refractivity contribution in [3.63, 3.8) is 0 Å². The van der Waals surface area contributed by atoms with Crippen molar-refractivity contribution >= 4 is 0 Å². The topological polar surface area (TPSA) is 34.1 Å². The molecule has 0 amide bonds. The summed E-state index contributed by atoms with van der Waals surface area (Å²) >= 11 is 0. The molecule has 1 aromatic heterocycles. The molecule has 110 valence electrons. The minimum atomic E-state index is 0.0841. The van der Waals surface area contributed by atoms with Crippen molar-refractivity contribution in [3.8, 4) is 0 Å². The summed E-state index contributed by atoms with van der Waals surface area (Å²) in [6.07, 6.45) is 1.82. The normalized spacial score (nSPS) is 12.0. The number of hydrogen-bond acceptors (Lipinski definition) is 3. The van der Waals surface area contributed by atoms with Crippen LogP contribution in [0.2, 0.25) is 0 Å². The number of aromatic nitrogens is 1. The van der Waals surface area contributed by atoms with Gasteiger partial charge in [0.2, 0.25) is 0 Å². The van der Waals surface area contributed by atoms with Crippen molar-refractivity contribution < 1.29 is 4.74 Å². The number of hydrogen-bond donors (Lipinski definition) is 1. The third kappa shape index (κ3) is 5.14. The smallest absolute Gasteiger partial charge is 0.0752 e. The maximum Gasteiger partial charge on any atom is 0.0752 e. The van der Waals surface area contributed by atoms with Crippen LogP contribution in [0.25, 0.3) is 0 Å². The Bertz CT molecular complexity index is 500. The zero-order chi connectivity index (χ0) is 14.9. The molecule has 2 aromatic rings. The number of benzene rings is 1. The summed E-state index contributed by atoms with van der Waals surface area (Å²) in [6.45, 7) is 7.83. The van der Waals surface area contributed by atoms with Crippen LogP contribution < -0.4 is 5.32 Å². The molecule has 0 bridgehead atoms. The number of nitrogens with zero attached hydrogens (tertiary/aromatic N) is 1. The minimum Gasteiger partial charge on any atom is -0.376 e. The van der Waals surface area contributed by atoms with Gasteiger partial charge in [0.05, 0.1) is 24.9 Å². The largest absolute Gasteiger partial charge is 0.376 e. The molecule has 0 aliphatic heterocycles. The van der Waals surface area contributed by atoms with E-state index in [0.717, 1.165) is 17.8 Å². The van der Waals surface area contributed by atoms with E-state index in [0.29, 0.717) is 13.2 Å². The molecule has 0 aliphatic carbocycles. The van der Waals surface area contributed by atoms with Crippen LogP contribution in [-0.2, 0) is 4.74 Å². The predicted octanol–water partition coefficient (Wildman–Crippen LogP) is 3.35. The SMILES string of the molecule is C=C(C)COCCNC(c1ccccc1)c1ccccn1. The van der Waals surface area contributed by atoms with Gasteiger partial charge in [-0.15, -0.1) is 0 Å². The highest BCUT2D eigenvalue weighted by atomic mass is 16.5. The Morgan fingerprint density at radius 2 is 1.95 bits per heavy atom. The number of pyridine rings is 1. The second-order valence-electron chi connectivity index (χ2n) is 5.06. The molecule has 1 heterocycles. The fourth-order valence-electron chi connectivity index (χ4n) is 2.11. The van der Waals surface area contributed by atoms with Crippen LogP contribution in [0, 0.1) is 0 Å². The molecule has 3 heteroatoms. The Kier molecular flexibility index (Phi) is 6.13.